The first-order chi connectivity index (χ1) is 7.59. The molecular formula is C14H21NO. The number of nitrogens with one attached hydrogen (secondary N) is 1. The number of aryl methyl sites for hydroxylation is 1. The van der Waals surface area contributed by atoms with Crippen LogP contribution in [0.3, 0.4) is 0 Å². The summed E-state index contributed by atoms with van der Waals surface area (Å²) >= 11 is 0. The fraction of sp³-hybridized carbons (Fsp3) is 0.571. The third kappa shape index (κ3) is 2.63. The second-order valence-electron chi connectivity index (χ2n) is 5.14. The maximum absolute atomic E-state index is 5.46. The van der Waals surface area contributed by atoms with Crippen molar-refractivity contribution in [2.75, 3.05) is 13.2 Å². The van der Waals surface area contributed by atoms with Gasteiger partial charge in [-0.1, -0.05) is 29.8 Å². The first-order valence-electron chi connectivity index (χ1n) is 6.01. The number of benzene rings is 1. The average Bonchev–Trinajstić information content (AvgIpc) is 2.65. The maximum Gasteiger partial charge on any atom is 0.0646 e. The maximum atomic E-state index is 5.46. The van der Waals surface area contributed by atoms with Crippen molar-refractivity contribution in [3.8, 4) is 0 Å². The van der Waals surface area contributed by atoms with Crippen molar-refractivity contribution in [1.29, 1.82) is 0 Å². The molecule has 0 unspecified atom stereocenters. The van der Waals surface area contributed by atoms with E-state index in [9.17, 15) is 0 Å². The largest absolute Gasteiger partial charge is 0.379 e. The third-order valence-corrected chi connectivity index (χ3v) is 3.33. The van der Waals surface area contributed by atoms with E-state index in [0.717, 1.165) is 19.6 Å². The molecule has 16 heavy (non-hydrogen) atoms. The number of hydrogen-bond acceptors (Lipinski definition) is 2. The summed E-state index contributed by atoms with van der Waals surface area (Å²) in [5.74, 6) is 0. The molecule has 1 N–H and O–H groups in total. The van der Waals surface area contributed by atoms with Crippen molar-refractivity contribution in [3.05, 3.63) is 35.4 Å². The summed E-state index contributed by atoms with van der Waals surface area (Å²) in [5, 5.41) is 3.67. The summed E-state index contributed by atoms with van der Waals surface area (Å²) in [4.78, 5) is 0. The molecule has 0 aliphatic carbocycles. The molecule has 0 radical (unpaired) electrons. The zero-order valence-corrected chi connectivity index (χ0v) is 10.4. The van der Waals surface area contributed by atoms with Gasteiger partial charge in [0.05, 0.1) is 6.61 Å². The van der Waals surface area contributed by atoms with Gasteiger partial charge in [0.25, 0.3) is 0 Å². The first-order valence-corrected chi connectivity index (χ1v) is 6.01. The quantitative estimate of drug-likeness (QED) is 0.844. The predicted molar refractivity (Wildman–Crippen MR) is 66.6 cm³/mol. The molecule has 1 aliphatic rings. The zero-order valence-electron chi connectivity index (χ0n) is 10.4. The van der Waals surface area contributed by atoms with Crippen molar-refractivity contribution in [2.45, 2.75) is 38.8 Å². The van der Waals surface area contributed by atoms with E-state index >= 15 is 0 Å². The standard InChI is InChI=1S/C14H21NO/c1-11-5-4-6-13(9-11)12(2)15-14(3)7-8-16-10-14/h4-6,9,12,15H,7-8,10H2,1-3H3/t12-,14-/m0/s1. The lowest BCUT2D eigenvalue weighted by Crippen LogP contribution is -2.44. The minimum atomic E-state index is 0.142. The Hall–Kier alpha value is -0.860. The highest BCUT2D eigenvalue weighted by molar-refractivity contribution is 5.25. The van der Waals surface area contributed by atoms with Crippen LogP contribution in [-0.4, -0.2) is 18.8 Å². The van der Waals surface area contributed by atoms with Crippen LogP contribution in [0.5, 0.6) is 0 Å². The Morgan fingerprint density at radius 1 is 1.44 bits per heavy atom. The summed E-state index contributed by atoms with van der Waals surface area (Å²) in [5.41, 5.74) is 2.82. The van der Waals surface area contributed by atoms with Crippen LogP contribution >= 0.6 is 0 Å². The topological polar surface area (TPSA) is 21.3 Å². The molecule has 2 nitrogen and oxygen atoms in total. The van der Waals surface area contributed by atoms with Gasteiger partial charge in [-0.25, -0.2) is 0 Å². The molecule has 2 heteroatoms. The molecule has 1 heterocycles. The lowest BCUT2D eigenvalue weighted by atomic mass is 9.97. The van der Waals surface area contributed by atoms with Crippen molar-refractivity contribution < 1.29 is 4.74 Å². The Kier molecular flexibility index (Phi) is 3.31. The summed E-state index contributed by atoms with van der Waals surface area (Å²) in [6, 6.07) is 9.07. The zero-order chi connectivity index (χ0) is 11.6. The van der Waals surface area contributed by atoms with Gasteiger partial charge in [-0.05, 0) is 32.8 Å². The van der Waals surface area contributed by atoms with Crippen LogP contribution in [0.2, 0.25) is 0 Å². The molecule has 1 aromatic carbocycles. The molecule has 2 rings (SSSR count). The van der Waals surface area contributed by atoms with Crippen LogP contribution in [0, 0.1) is 6.92 Å². The Balaban J connectivity index is 2.05. The highest BCUT2D eigenvalue weighted by Crippen LogP contribution is 2.23. The highest BCUT2D eigenvalue weighted by atomic mass is 16.5. The van der Waals surface area contributed by atoms with Gasteiger partial charge in [-0.3, -0.25) is 0 Å². The lowest BCUT2D eigenvalue weighted by molar-refractivity contribution is 0.167. The van der Waals surface area contributed by atoms with Gasteiger partial charge in [-0.2, -0.15) is 0 Å². The molecule has 2 atom stereocenters. The van der Waals surface area contributed by atoms with E-state index in [1.165, 1.54) is 11.1 Å². The van der Waals surface area contributed by atoms with E-state index in [2.05, 4.69) is 50.4 Å². The van der Waals surface area contributed by atoms with Crippen LogP contribution in [-0.2, 0) is 4.74 Å². The summed E-state index contributed by atoms with van der Waals surface area (Å²) in [7, 11) is 0. The monoisotopic (exact) mass is 219 g/mol. The predicted octanol–water partition coefficient (Wildman–Crippen LogP) is 2.82. The molecular weight excluding hydrogens is 198 g/mol. The summed E-state index contributed by atoms with van der Waals surface area (Å²) in [6.07, 6.45) is 1.10. The van der Waals surface area contributed by atoms with Crippen LogP contribution in [0.1, 0.15) is 37.4 Å². The molecule has 0 bridgehead atoms. The Morgan fingerprint density at radius 2 is 2.25 bits per heavy atom. The molecule has 0 aromatic heterocycles. The minimum Gasteiger partial charge on any atom is -0.379 e. The van der Waals surface area contributed by atoms with Gasteiger partial charge in [0.15, 0.2) is 0 Å². The van der Waals surface area contributed by atoms with E-state index in [1.807, 2.05) is 0 Å². The lowest BCUT2D eigenvalue weighted by Gasteiger charge is -2.28. The number of hydrogen-bond donors (Lipinski definition) is 1. The van der Waals surface area contributed by atoms with Gasteiger partial charge in [0.2, 0.25) is 0 Å². The van der Waals surface area contributed by atoms with Gasteiger partial charge in [-0.15, -0.1) is 0 Å². The molecule has 1 fully saturated rings. The van der Waals surface area contributed by atoms with E-state index in [1.54, 1.807) is 0 Å². The SMILES string of the molecule is Cc1cccc([C@H](C)N[C@@]2(C)CCOC2)c1. The van der Waals surface area contributed by atoms with E-state index < -0.39 is 0 Å². The highest BCUT2D eigenvalue weighted by Gasteiger charge is 2.30. The number of rotatable bonds is 3. The van der Waals surface area contributed by atoms with Crippen molar-refractivity contribution in [3.63, 3.8) is 0 Å². The third-order valence-electron chi connectivity index (χ3n) is 3.33. The van der Waals surface area contributed by atoms with Gasteiger partial charge >= 0.3 is 0 Å². The van der Waals surface area contributed by atoms with Crippen molar-refractivity contribution >= 4 is 0 Å². The summed E-state index contributed by atoms with van der Waals surface area (Å²) in [6.45, 7) is 8.30. The second-order valence-corrected chi connectivity index (χ2v) is 5.14. The molecule has 0 spiro atoms. The molecule has 0 saturated carbocycles. The molecule has 1 saturated heterocycles. The van der Waals surface area contributed by atoms with Crippen LogP contribution < -0.4 is 5.32 Å². The Bertz CT molecular complexity index is 356. The minimum absolute atomic E-state index is 0.142. The summed E-state index contributed by atoms with van der Waals surface area (Å²) < 4.78 is 5.46. The Labute approximate surface area is 98.0 Å². The normalized spacial score (nSPS) is 26.9. The van der Waals surface area contributed by atoms with Crippen LogP contribution in [0.4, 0.5) is 0 Å². The smallest absolute Gasteiger partial charge is 0.0646 e. The van der Waals surface area contributed by atoms with E-state index in [-0.39, 0.29) is 5.54 Å². The fourth-order valence-corrected chi connectivity index (χ4v) is 2.33. The van der Waals surface area contributed by atoms with E-state index in [0.29, 0.717) is 6.04 Å². The van der Waals surface area contributed by atoms with Crippen molar-refractivity contribution in [1.82, 2.24) is 5.32 Å². The second kappa shape index (κ2) is 4.56. The molecule has 88 valence electrons. The first kappa shape index (κ1) is 11.6. The average molecular weight is 219 g/mol. The van der Waals surface area contributed by atoms with E-state index in [4.69, 9.17) is 4.74 Å². The molecule has 1 aliphatic heterocycles. The van der Waals surface area contributed by atoms with Gasteiger partial charge in [0.1, 0.15) is 0 Å². The fourth-order valence-electron chi connectivity index (χ4n) is 2.33. The number of ether oxygens (including phenoxy) is 1. The Morgan fingerprint density at radius 3 is 2.88 bits per heavy atom. The van der Waals surface area contributed by atoms with Crippen molar-refractivity contribution in [2.24, 2.45) is 0 Å². The van der Waals surface area contributed by atoms with Gasteiger partial charge in [0, 0.05) is 18.2 Å². The van der Waals surface area contributed by atoms with Crippen LogP contribution in [0.25, 0.3) is 0 Å². The van der Waals surface area contributed by atoms with Crippen LogP contribution in [0.15, 0.2) is 24.3 Å². The van der Waals surface area contributed by atoms with Gasteiger partial charge < -0.3 is 10.1 Å². The molecule has 1 aromatic rings. The molecule has 0 amide bonds.